The zero-order valence-corrected chi connectivity index (χ0v) is 16.5. The molecule has 0 fully saturated rings. The van der Waals surface area contributed by atoms with Gasteiger partial charge in [0.25, 0.3) is 0 Å². The number of hydrogen-bond acceptors (Lipinski definition) is 4. The number of nitrogens with zero attached hydrogens (tertiary/aromatic N) is 2. The number of carbonyl (C=O) groups is 1. The Morgan fingerprint density at radius 3 is 2.52 bits per heavy atom. The van der Waals surface area contributed by atoms with E-state index in [1.165, 1.54) is 4.31 Å². The van der Waals surface area contributed by atoms with E-state index < -0.39 is 10.0 Å². The quantitative estimate of drug-likeness (QED) is 0.792. The maximum absolute atomic E-state index is 12.4. The predicted molar refractivity (Wildman–Crippen MR) is 107 cm³/mol. The van der Waals surface area contributed by atoms with E-state index >= 15 is 0 Å². The summed E-state index contributed by atoms with van der Waals surface area (Å²) in [5.74, 6) is -0.349. The van der Waals surface area contributed by atoms with Gasteiger partial charge in [0, 0.05) is 13.0 Å². The number of benzene rings is 2. The Bertz CT molecular complexity index is 978. The molecule has 2 rings (SSSR count). The van der Waals surface area contributed by atoms with Crippen molar-refractivity contribution in [2.24, 2.45) is 0 Å². The molecule has 2 aromatic carbocycles. The molecular weight excluding hydrogens is 362 g/mol. The highest BCUT2D eigenvalue weighted by Gasteiger charge is 2.22. The molecule has 0 atom stereocenters. The van der Waals surface area contributed by atoms with Crippen LogP contribution >= 0.6 is 0 Å². The molecule has 7 heteroatoms. The highest BCUT2D eigenvalue weighted by atomic mass is 32.2. The molecule has 0 aliphatic heterocycles. The van der Waals surface area contributed by atoms with Crippen LogP contribution in [0.1, 0.15) is 30.0 Å². The van der Waals surface area contributed by atoms with E-state index in [2.05, 4.69) is 5.32 Å². The number of para-hydroxylation sites is 2. The van der Waals surface area contributed by atoms with Crippen LogP contribution < -0.4 is 9.62 Å². The first-order valence-corrected chi connectivity index (χ1v) is 10.5. The van der Waals surface area contributed by atoms with Gasteiger partial charge in [-0.1, -0.05) is 37.3 Å². The van der Waals surface area contributed by atoms with Gasteiger partial charge in [-0.15, -0.1) is 0 Å². The molecule has 142 valence electrons. The van der Waals surface area contributed by atoms with E-state index in [9.17, 15) is 13.2 Å². The Kier molecular flexibility index (Phi) is 6.59. The molecule has 0 aliphatic rings. The van der Waals surface area contributed by atoms with Crippen molar-refractivity contribution in [3.05, 3.63) is 59.2 Å². The van der Waals surface area contributed by atoms with Crippen molar-refractivity contribution in [1.29, 1.82) is 5.26 Å². The van der Waals surface area contributed by atoms with Crippen LogP contribution in [0.5, 0.6) is 0 Å². The smallest absolute Gasteiger partial charge is 0.232 e. The molecule has 0 spiro atoms. The number of aryl methyl sites for hydroxylation is 2. The number of nitrogens with one attached hydrogen (secondary N) is 1. The summed E-state index contributed by atoms with van der Waals surface area (Å²) < 4.78 is 26.0. The first kappa shape index (κ1) is 20.5. The van der Waals surface area contributed by atoms with Crippen molar-refractivity contribution in [2.45, 2.75) is 26.7 Å². The Hall–Kier alpha value is -2.85. The summed E-state index contributed by atoms with van der Waals surface area (Å²) in [6, 6.07) is 14.3. The molecule has 0 aromatic heterocycles. The summed E-state index contributed by atoms with van der Waals surface area (Å²) in [5, 5.41) is 11.8. The summed E-state index contributed by atoms with van der Waals surface area (Å²) in [6.07, 6.45) is 1.80. The topological polar surface area (TPSA) is 90.3 Å². The molecule has 6 nitrogen and oxygen atoms in total. The molecular formula is C20H23N3O3S. The van der Waals surface area contributed by atoms with E-state index in [1.54, 1.807) is 24.3 Å². The predicted octanol–water partition coefficient (Wildman–Crippen LogP) is 3.22. The second-order valence-electron chi connectivity index (χ2n) is 6.23. The van der Waals surface area contributed by atoms with Gasteiger partial charge in [-0.25, -0.2) is 8.42 Å². The Morgan fingerprint density at radius 1 is 1.19 bits per heavy atom. The standard InChI is InChI=1S/C20H23N3O3S/c1-4-16-10-7-8-15(2)20(16)23(27(3,25)26)13-12-19(24)22-18-11-6-5-9-17(18)14-21/h5-11H,4,12-13H2,1-3H3,(H,22,24). The summed E-state index contributed by atoms with van der Waals surface area (Å²) >= 11 is 0. The summed E-state index contributed by atoms with van der Waals surface area (Å²) in [7, 11) is -3.55. The second-order valence-corrected chi connectivity index (χ2v) is 8.13. The number of amides is 1. The van der Waals surface area contributed by atoms with Crippen LogP contribution in [0.4, 0.5) is 11.4 Å². The van der Waals surface area contributed by atoms with Crippen LogP contribution in [0.15, 0.2) is 42.5 Å². The molecule has 0 radical (unpaired) electrons. The van der Waals surface area contributed by atoms with E-state index in [0.717, 1.165) is 17.4 Å². The number of carbonyl (C=O) groups excluding carboxylic acids is 1. The first-order valence-electron chi connectivity index (χ1n) is 8.63. The maximum Gasteiger partial charge on any atom is 0.232 e. The molecule has 0 saturated heterocycles. The number of anilines is 2. The minimum Gasteiger partial charge on any atom is -0.325 e. The van der Waals surface area contributed by atoms with Crippen molar-refractivity contribution >= 4 is 27.3 Å². The van der Waals surface area contributed by atoms with Crippen LogP contribution in [0, 0.1) is 18.3 Å². The van der Waals surface area contributed by atoms with Gasteiger partial charge in [0.1, 0.15) is 6.07 Å². The molecule has 27 heavy (non-hydrogen) atoms. The van der Waals surface area contributed by atoms with Crippen LogP contribution in [0.2, 0.25) is 0 Å². The van der Waals surface area contributed by atoms with Gasteiger partial charge in [-0.2, -0.15) is 5.26 Å². The van der Waals surface area contributed by atoms with Crippen molar-refractivity contribution in [2.75, 3.05) is 22.4 Å². The van der Waals surface area contributed by atoms with Crippen molar-refractivity contribution < 1.29 is 13.2 Å². The fourth-order valence-corrected chi connectivity index (χ4v) is 3.93. The van der Waals surface area contributed by atoms with Crippen LogP contribution in [0.3, 0.4) is 0 Å². The van der Waals surface area contributed by atoms with E-state index in [-0.39, 0.29) is 18.9 Å². The molecule has 2 aromatic rings. The minimum absolute atomic E-state index is 0.0235. The molecule has 0 unspecified atom stereocenters. The molecule has 0 saturated carbocycles. The Labute approximate surface area is 160 Å². The van der Waals surface area contributed by atoms with E-state index in [4.69, 9.17) is 5.26 Å². The van der Waals surface area contributed by atoms with Crippen LogP contribution in [0.25, 0.3) is 0 Å². The summed E-state index contributed by atoms with van der Waals surface area (Å²) in [4.78, 5) is 12.3. The fourth-order valence-electron chi connectivity index (χ4n) is 2.91. The average Bonchev–Trinajstić information content (AvgIpc) is 2.62. The van der Waals surface area contributed by atoms with Gasteiger partial charge in [0.05, 0.1) is 23.2 Å². The zero-order valence-electron chi connectivity index (χ0n) is 15.7. The second kappa shape index (κ2) is 8.69. The van der Waals surface area contributed by atoms with Gasteiger partial charge in [0.2, 0.25) is 15.9 Å². The molecule has 0 heterocycles. The molecule has 1 N–H and O–H groups in total. The summed E-state index contributed by atoms with van der Waals surface area (Å²) in [5.41, 5.74) is 3.16. The third-order valence-corrected chi connectivity index (χ3v) is 5.38. The van der Waals surface area contributed by atoms with Gasteiger partial charge in [0.15, 0.2) is 0 Å². The number of sulfonamides is 1. The molecule has 1 amide bonds. The average molecular weight is 385 g/mol. The van der Waals surface area contributed by atoms with Gasteiger partial charge in [-0.05, 0) is 36.6 Å². The van der Waals surface area contributed by atoms with Crippen molar-refractivity contribution in [3.8, 4) is 6.07 Å². The zero-order chi connectivity index (χ0) is 20.0. The maximum atomic E-state index is 12.4. The van der Waals surface area contributed by atoms with Gasteiger partial charge >= 0.3 is 0 Å². The highest BCUT2D eigenvalue weighted by Crippen LogP contribution is 2.28. The normalized spacial score (nSPS) is 10.9. The fraction of sp³-hybridized carbons (Fsp3) is 0.300. The Balaban J connectivity index is 2.22. The number of nitriles is 1. The summed E-state index contributed by atoms with van der Waals surface area (Å²) in [6.45, 7) is 3.84. The van der Waals surface area contributed by atoms with Gasteiger partial charge in [-0.3, -0.25) is 9.10 Å². The monoisotopic (exact) mass is 385 g/mol. The van der Waals surface area contributed by atoms with Crippen LogP contribution in [-0.4, -0.2) is 27.1 Å². The third kappa shape index (κ3) is 5.08. The number of rotatable bonds is 7. The lowest BCUT2D eigenvalue weighted by molar-refractivity contribution is -0.116. The Morgan fingerprint density at radius 2 is 1.89 bits per heavy atom. The van der Waals surface area contributed by atoms with E-state index in [0.29, 0.717) is 23.4 Å². The molecule has 0 aliphatic carbocycles. The van der Waals surface area contributed by atoms with Crippen molar-refractivity contribution in [3.63, 3.8) is 0 Å². The largest absolute Gasteiger partial charge is 0.325 e. The minimum atomic E-state index is -3.55. The highest BCUT2D eigenvalue weighted by molar-refractivity contribution is 7.92. The van der Waals surface area contributed by atoms with E-state index in [1.807, 2.05) is 38.1 Å². The van der Waals surface area contributed by atoms with Crippen molar-refractivity contribution in [1.82, 2.24) is 0 Å². The van der Waals surface area contributed by atoms with Gasteiger partial charge < -0.3 is 5.32 Å². The third-order valence-electron chi connectivity index (χ3n) is 4.22. The SMILES string of the molecule is CCc1cccc(C)c1N(CCC(=O)Nc1ccccc1C#N)S(C)(=O)=O. The molecule has 0 bridgehead atoms. The lowest BCUT2D eigenvalue weighted by Gasteiger charge is -2.26. The van der Waals surface area contributed by atoms with Crippen LogP contribution in [-0.2, 0) is 21.2 Å². The lowest BCUT2D eigenvalue weighted by atomic mass is 10.1. The lowest BCUT2D eigenvalue weighted by Crippen LogP contribution is -2.34. The first-order chi connectivity index (χ1) is 12.8. The number of hydrogen-bond donors (Lipinski definition) is 1.